The Bertz CT molecular complexity index is 690. The third-order valence-corrected chi connectivity index (χ3v) is 5.00. The SMILES string of the molecule is CC[C@H](C)[C@@H](C(=O)[O-])N1C(=O)/C(=C/c2cccc(F)c2)SC1=S. The van der Waals surface area contributed by atoms with Gasteiger partial charge < -0.3 is 9.90 Å². The lowest BCUT2D eigenvalue weighted by atomic mass is 9.98. The summed E-state index contributed by atoms with van der Waals surface area (Å²) < 4.78 is 13.4. The second kappa shape index (κ2) is 7.23. The molecule has 1 saturated heterocycles. The Kier molecular flexibility index (Phi) is 5.54. The van der Waals surface area contributed by atoms with Crippen molar-refractivity contribution < 1.29 is 19.1 Å². The Labute approximate surface area is 143 Å². The molecule has 7 heteroatoms. The number of benzene rings is 1. The third-order valence-electron chi connectivity index (χ3n) is 3.67. The van der Waals surface area contributed by atoms with Gasteiger partial charge in [0.15, 0.2) is 0 Å². The summed E-state index contributed by atoms with van der Waals surface area (Å²) in [6.45, 7) is 3.57. The highest BCUT2D eigenvalue weighted by atomic mass is 32.2. The van der Waals surface area contributed by atoms with Crippen molar-refractivity contribution in [3.63, 3.8) is 0 Å². The largest absolute Gasteiger partial charge is 0.548 e. The number of aliphatic carboxylic acids is 1. The first kappa shape index (κ1) is 17.6. The molecule has 1 amide bonds. The second-order valence-corrected chi connectivity index (χ2v) is 6.93. The highest BCUT2D eigenvalue weighted by Crippen LogP contribution is 2.35. The lowest BCUT2D eigenvalue weighted by molar-refractivity contribution is -0.311. The van der Waals surface area contributed by atoms with E-state index in [1.807, 2.05) is 6.92 Å². The number of carbonyl (C=O) groups is 2. The Balaban J connectivity index is 2.34. The van der Waals surface area contributed by atoms with Gasteiger partial charge in [-0.15, -0.1) is 0 Å². The van der Waals surface area contributed by atoms with E-state index in [9.17, 15) is 19.1 Å². The fourth-order valence-electron chi connectivity index (χ4n) is 2.28. The predicted octanol–water partition coefficient (Wildman–Crippen LogP) is 2.19. The molecule has 0 unspecified atom stereocenters. The van der Waals surface area contributed by atoms with E-state index >= 15 is 0 Å². The minimum atomic E-state index is -1.33. The molecule has 0 radical (unpaired) electrons. The zero-order chi connectivity index (χ0) is 17.1. The molecule has 0 aromatic heterocycles. The summed E-state index contributed by atoms with van der Waals surface area (Å²) in [5, 5.41) is 11.4. The topological polar surface area (TPSA) is 60.4 Å². The summed E-state index contributed by atoms with van der Waals surface area (Å²) >= 11 is 6.17. The molecule has 0 spiro atoms. The second-order valence-electron chi connectivity index (χ2n) is 5.26. The van der Waals surface area contributed by atoms with Crippen molar-refractivity contribution in [1.29, 1.82) is 0 Å². The van der Waals surface area contributed by atoms with E-state index in [1.165, 1.54) is 24.3 Å². The van der Waals surface area contributed by atoms with Gasteiger partial charge in [0.05, 0.1) is 16.9 Å². The lowest BCUT2D eigenvalue weighted by Gasteiger charge is -2.32. The summed E-state index contributed by atoms with van der Waals surface area (Å²) in [5.74, 6) is -2.53. The quantitative estimate of drug-likeness (QED) is 0.600. The number of amides is 1. The standard InChI is InChI=1S/C16H16FNO3S2/c1-3-9(2)13(15(20)21)18-14(19)12(23-16(18)22)8-10-5-4-6-11(17)7-10/h4-9,13H,3H2,1-2H3,(H,20,21)/p-1/b12-8-/t9-,13-/m0/s1. The van der Waals surface area contributed by atoms with Gasteiger partial charge in [-0.2, -0.15) is 0 Å². The summed E-state index contributed by atoms with van der Waals surface area (Å²) in [5.41, 5.74) is 0.513. The van der Waals surface area contributed by atoms with E-state index < -0.39 is 23.7 Å². The van der Waals surface area contributed by atoms with Gasteiger partial charge in [-0.25, -0.2) is 4.39 Å². The number of thiocarbonyl (C=S) groups is 1. The maximum absolute atomic E-state index is 13.2. The monoisotopic (exact) mass is 352 g/mol. The van der Waals surface area contributed by atoms with Crippen molar-refractivity contribution in [2.24, 2.45) is 5.92 Å². The predicted molar refractivity (Wildman–Crippen MR) is 89.7 cm³/mol. The van der Waals surface area contributed by atoms with Gasteiger partial charge in [0, 0.05) is 0 Å². The minimum absolute atomic E-state index is 0.173. The maximum atomic E-state index is 13.2. The first-order chi connectivity index (χ1) is 10.8. The zero-order valence-electron chi connectivity index (χ0n) is 12.6. The van der Waals surface area contributed by atoms with E-state index in [2.05, 4.69) is 0 Å². The van der Waals surface area contributed by atoms with Crippen LogP contribution in [-0.2, 0) is 9.59 Å². The van der Waals surface area contributed by atoms with Gasteiger partial charge in [-0.05, 0) is 29.7 Å². The van der Waals surface area contributed by atoms with Crippen LogP contribution in [0.25, 0.3) is 6.08 Å². The van der Waals surface area contributed by atoms with Crippen LogP contribution in [0.5, 0.6) is 0 Å². The van der Waals surface area contributed by atoms with Crippen LogP contribution in [0.1, 0.15) is 25.8 Å². The molecule has 1 heterocycles. The Hall–Kier alpha value is -1.73. The number of rotatable bonds is 5. The number of halogens is 1. The van der Waals surface area contributed by atoms with Gasteiger partial charge >= 0.3 is 0 Å². The number of nitrogens with zero attached hydrogens (tertiary/aromatic N) is 1. The molecule has 1 fully saturated rings. The van der Waals surface area contributed by atoms with Crippen LogP contribution < -0.4 is 5.11 Å². The number of thioether (sulfide) groups is 1. The molecule has 0 aliphatic carbocycles. The van der Waals surface area contributed by atoms with E-state index in [4.69, 9.17) is 12.2 Å². The molecule has 0 saturated carbocycles. The van der Waals surface area contributed by atoms with Crippen molar-refractivity contribution in [2.45, 2.75) is 26.3 Å². The van der Waals surface area contributed by atoms with Gasteiger partial charge in [-0.1, -0.05) is 56.4 Å². The van der Waals surface area contributed by atoms with Crippen LogP contribution >= 0.6 is 24.0 Å². The van der Waals surface area contributed by atoms with Crippen LogP contribution in [0.2, 0.25) is 0 Å². The molecule has 1 aromatic carbocycles. The fraction of sp³-hybridized carbons (Fsp3) is 0.312. The van der Waals surface area contributed by atoms with E-state index in [0.717, 1.165) is 16.7 Å². The summed E-state index contributed by atoms with van der Waals surface area (Å²) in [7, 11) is 0. The Morgan fingerprint density at radius 1 is 1.52 bits per heavy atom. The highest BCUT2D eigenvalue weighted by molar-refractivity contribution is 8.26. The van der Waals surface area contributed by atoms with Crippen molar-refractivity contribution in [2.75, 3.05) is 0 Å². The maximum Gasteiger partial charge on any atom is 0.266 e. The van der Waals surface area contributed by atoms with Crippen molar-refractivity contribution in [3.05, 3.63) is 40.6 Å². The molecule has 4 nitrogen and oxygen atoms in total. The normalized spacial score (nSPS) is 19.3. The summed E-state index contributed by atoms with van der Waals surface area (Å²) in [6.07, 6.45) is 2.07. The van der Waals surface area contributed by atoms with Crippen LogP contribution in [0.4, 0.5) is 4.39 Å². The number of carbonyl (C=O) groups excluding carboxylic acids is 2. The van der Waals surface area contributed by atoms with Gasteiger partial charge in [0.25, 0.3) is 5.91 Å². The third kappa shape index (κ3) is 3.79. The van der Waals surface area contributed by atoms with Gasteiger partial charge in [0.2, 0.25) is 0 Å². The number of hydrogen-bond donors (Lipinski definition) is 0. The van der Waals surface area contributed by atoms with Crippen LogP contribution in [-0.4, -0.2) is 27.1 Å². The van der Waals surface area contributed by atoms with Crippen molar-refractivity contribution >= 4 is 46.3 Å². The molecule has 2 atom stereocenters. The molecular weight excluding hydrogens is 337 g/mol. The highest BCUT2D eigenvalue weighted by Gasteiger charge is 2.39. The van der Waals surface area contributed by atoms with Crippen molar-refractivity contribution in [3.8, 4) is 0 Å². The first-order valence-electron chi connectivity index (χ1n) is 7.08. The summed E-state index contributed by atoms with van der Waals surface area (Å²) in [6, 6.07) is 4.67. The molecule has 2 rings (SSSR count). The van der Waals surface area contributed by atoms with E-state index in [-0.39, 0.29) is 15.1 Å². The fourth-order valence-corrected chi connectivity index (χ4v) is 3.61. The molecular formula is C16H15FNO3S2-. The van der Waals surface area contributed by atoms with Crippen LogP contribution in [0, 0.1) is 11.7 Å². The average Bonchev–Trinajstić information content (AvgIpc) is 2.75. The number of carboxylic acid groups (broad SMARTS) is 1. The van der Waals surface area contributed by atoms with Gasteiger partial charge in [0.1, 0.15) is 10.1 Å². The Morgan fingerprint density at radius 2 is 2.22 bits per heavy atom. The Morgan fingerprint density at radius 3 is 2.78 bits per heavy atom. The van der Waals surface area contributed by atoms with Gasteiger partial charge in [-0.3, -0.25) is 9.69 Å². The molecule has 1 aromatic rings. The average molecular weight is 352 g/mol. The minimum Gasteiger partial charge on any atom is -0.548 e. The molecule has 122 valence electrons. The zero-order valence-corrected chi connectivity index (χ0v) is 14.2. The molecule has 0 N–H and O–H groups in total. The van der Waals surface area contributed by atoms with Crippen LogP contribution in [0.15, 0.2) is 29.2 Å². The number of carboxylic acids is 1. The molecule has 0 bridgehead atoms. The molecule has 1 aliphatic rings. The molecule has 23 heavy (non-hydrogen) atoms. The van der Waals surface area contributed by atoms with E-state index in [1.54, 1.807) is 13.0 Å². The van der Waals surface area contributed by atoms with Crippen LogP contribution in [0.3, 0.4) is 0 Å². The lowest BCUT2D eigenvalue weighted by Crippen LogP contribution is -2.53. The first-order valence-corrected chi connectivity index (χ1v) is 8.31. The smallest absolute Gasteiger partial charge is 0.266 e. The van der Waals surface area contributed by atoms with Crippen molar-refractivity contribution in [1.82, 2.24) is 4.90 Å². The summed E-state index contributed by atoms with van der Waals surface area (Å²) in [4.78, 5) is 25.3. The van der Waals surface area contributed by atoms with E-state index in [0.29, 0.717) is 12.0 Å². The molecule has 1 aliphatic heterocycles. The number of hydrogen-bond acceptors (Lipinski definition) is 5.